The second-order valence-electron chi connectivity index (χ2n) is 4.12. The van der Waals surface area contributed by atoms with Gasteiger partial charge in [-0.1, -0.05) is 12.2 Å². The number of hydrogen-bond donors (Lipinski definition) is 0. The predicted octanol–water partition coefficient (Wildman–Crippen LogP) is 1.70. The molecule has 2 unspecified atom stereocenters. The van der Waals surface area contributed by atoms with Crippen LogP contribution in [0.1, 0.15) is 26.7 Å². The zero-order chi connectivity index (χ0) is 8.93. The molecule has 2 aliphatic rings. The first-order valence-electron chi connectivity index (χ1n) is 4.40. The topological polar surface area (TPSA) is 29.6 Å². The number of ether oxygens (including phenoxy) is 1. The molecule has 12 heavy (non-hydrogen) atoms. The van der Waals surface area contributed by atoms with Crippen LogP contribution in [-0.2, 0) is 9.53 Å². The van der Waals surface area contributed by atoms with Gasteiger partial charge in [-0.05, 0) is 26.2 Å². The number of allylic oxidation sites excluding steroid dienone is 1. The third kappa shape index (κ3) is 0.944. The van der Waals surface area contributed by atoms with Crippen LogP contribution >= 0.6 is 0 Å². The van der Waals surface area contributed by atoms with Gasteiger partial charge in [-0.3, -0.25) is 4.79 Å². The Hall–Kier alpha value is -0.630. The van der Waals surface area contributed by atoms with Crippen LogP contribution in [0.4, 0.5) is 0 Å². The second-order valence-corrected chi connectivity index (χ2v) is 4.12. The van der Waals surface area contributed by atoms with Gasteiger partial charge in [0.25, 0.3) is 0 Å². The Balaban J connectivity index is 2.12. The molecule has 1 aliphatic heterocycles. The van der Waals surface area contributed by atoms with Gasteiger partial charge in [-0.15, -0.1) is 0 Å². The van der Waals surface area contributed by atoms with Crippen LogP contribution in [0, 0.1) is 5.92 Å². The first kappa shape index (κ1) is 7.99. The maximum absolute atomic E-state index is 11.5. The van der Waals surface area contributed by atoms with Crippen molar-refractivity contribution in [2.45, 2.75) is 38.4 Å². The molecule has 1 heterocycles. The summed E-state index contributed by atoms with van der Waals surface area (Å²) in [7, 11) is 0. The summed E-state index contributed by atoms with van der Waals surface area (Å²) >= 11 is 0. The van der Waals surface area contributed by atoms with Gasteiger partial charge in [0.1, 0.15) is 5.60 Å². The van der Waals surface area contributed by atoms with Gasteiger partial charge >= 0.3 is 0 Å². The molecule has 2 rings (SSSR count). The predicted molar refractivity (Wildman–Crippen MR) is 45.8 cm³/mol. The van der Waals surface area contributed by atoms with Crippen LogP contribution in [-0.4, -0.2) is 17.5 Å². The number of Topliss-reactive ketones (excluding diaryl/α,β-unsaturated/α-hetero) is 1. The molecular formula is C10H14O2. The quantitative estimate of drug-likeness (QED) is 0.438. The van der Waals surface area contributed by atoms with Gasteiger partial charge in [0.2, 0.25) is 0 Å². The van der Waals surface area contributed by atoms with Crippen molar-refractivity contribution in [3.63, 3.8) is 0 Å². The minimum Gasteiger partial charge on any atom is -0.358 e. The molecule has 1 saturated heterocycles. The standard InChI is InChI=1S/C10H14O2/c1-6(2)7-4-8(11)10(3)9(5-7)12-10/h7,9H,1,4-5H2,2-3H3/t7?,9?,10-/m0/s1. The highest BCUT2D eigenvalue weighted by atomic mass is 16.6. The minimum absolute atomic E-state index is 0.181. The summed E-state index contributed by atoms with van der Waals surface area (Å²) in [6, 6.07) is 0. The zero-order valence-electron chi connectivity index (χ0n) is 7.59. The van der Waals surface area contributed by atoms with E-state index in [1.165, 1.54) is 0 Å². The summed E-state index contributed by atoms with van der Waals surface area (Å²) in [5.74, 6) is 0.616. The molecule has 0 amide bonds. The molecule has 0 N–H and O–H groups in total. The number of carbonyl (C=O) groups is 1. The summed E-state index contributed by atoms with van der Waals surface area (Å²) < 4.78 is 5.37. The van der Waals surface area contributed by atoms with E-state index in [1.54, 1.807) is 0 Å². The van der Waals surface area contributed by atoms with Gasteiger partial charge in [-0.2, -0.15) is 0 Å². The van der Waals surface area contributed by atoms with E-state index in [-0.39, 0.29) is 11.9 Å². The highest BCUT2D eigenvalue weighted by Crippen LogP contribution is 2.48. The van der Waals surface area contributed by atoms with E-state index >= 15 is 0 Å². The lowest BCUT2D eigenvalue weighted by molar-refractivity contribution is -0.124. The monoisotopic (exact) mass is 166 g/mol. The van der Waals surface area contributed by atoms with E-state index in [1.807, 2.05) is 13.8 Å². The van der Waals surface area contributed by atoms with E-state index in [2.05, 4.69) is 6.58 Å². The number of carbonyl (C=O) groups excluding carboxylic acids is 1. The largest absolute Gasteiger partial charge is 0.358 e. The number of hydrogen-bond acceptors (Lipinski definition) is 2. The normalized spacial score (nSPS) is 45.3. The Kier molecular flexibility index (Phi) is 1.46. The summed E-state index contributed by atoms with van der Waals surface area (Å²) in [6.45, 7) is 7.77. The van der Waals surface area contributed by atoms with E-state index in [4.69, 9.17) is 4.74 Å². The van der Waals surface area contributed by atoms with Crippen LogP contribution in [0.3, 0.4) is 0 Å². The lowest BCUT2D eigenvalue weighted by Gasteiger charge is -2.21. The smallest absolute Gasteiger partial charge is 0.167 e. The van der Waals surface area contributed by atoms with Gasteiger partial charge in [0.05, 0.1) is 6.10 Å². The fourth-order valence-corrected chi connectivity index (χ4v) is 1.92. The second kappa shape index (κ2) is 2.19. The van der Waals surface area contributed by atoms with Crippen molar-refractivity contribution in [2.75, 3.05) is 0 Å². The van der Waals surface area contributed by atoms with Gasteiger partial charge in [0, 0.05) is 6.42 Å². The molecule has 1 saturated carbocycles. The fourth-order valence-electron chi connectivity index (χ4n) is 1.92. The zero-order valence-corrected chi connectivity index (χ0v) is 7.59. The Morgan fingerprint density at radius 3 is 2.92 bits per heavy atom. The van der Waals surface area contributed by atoms with Crippen molar-refractivity contribution < 1.29 is 9.53 Å². The number of rotatable bonds is 1. The summed E-state index contributed by atoms with van der Waals surface area (Å²) in [5.41, 5.74) is 0.701. The molecule has 2 fully saturated rings. The maximum atomic E-state index is 11.5. The molecule has 0 aromatic rings. The molecule has 0 bridgehead atoms. The molecule has 0 aromatic carbocycles. The summed E-state index contributed by atoms with van der Waals surface area (Å²) in [5, 5.41) is 0. The fraction of sp³-hybridized carbons (Fsp3) is 0.700. The van der Waals surface area contributed by atoms with Crippen LogP contribution in [0.2, 0.25) is 0 Å². The molecule has 0 aromatic heterocycles. The molecule has 2 nitrogen and oxygen atoms in total. The molecular weight excluding hydrogens is 152 g/mol. The average molecular weight is 166 g/mol. The van der Waals surface area contributed by atoms with Crippen molar-refractivity contribution in [1.82, 2.24) is 0 Å². The third-order valence-electron chi connectivity index (χ3n) is 3.13. The van der Waals surface area contributed by atoms with Crippen molar-refractivity contribution in [3.05, 3.63) is 12.2 Å². The van der Waals surface area contributed by atoms with E-state index in [0.29, 0.717) is 12.3 Å². The first-order valence-corrected chi connectivity index (χ1v) is 4.40. The molecule has 0 radical (unpaired) electrons. The number of epoxide rings is 1. The third-order valence-corrected chi connectivity index (χ3v) is 3.13. The average Bonchev–Trinajstić information content (AvgIpc) is 2.62. The molecule has 66 valence electrons. The lowest BCUT2D eigenvalue weighted by Crippen LogP contribution is -2.32. The first-order chi connectivity index (χ1) is 5.54. The van der Waals surface area contributed by atoms with Crippen molar-refractivity contribution in [1.29, 1.82) is 0 Å². The van der Waals surface area contributed by atoms with E-state index in [0.717, 1.165) is 12.0 Å². The van der Waals surface area contributed by atoms with Gasteiger partial charge in [-0.25, -0.2) is 0 Å². The Morgan fingerprint density at radius 1 is 1.75 bits per heavy atom. The molecule has 3 atom stereocenters. The highest BCUT2D eigenvalue weighted by molar-refractivity contribution is 5.91. The van der Waals surface area contributed by atoms with E-state index < -0.39 is 5.60 Å². The minimum atomic E-state index is -0.411. The van der Waals surface area contributed by atoms with Crippen molar-refractivity contribution in [3.8, 4) is 0 Å². The number of ketones is 1. The molecule has 1 aliphatic carbocycles. The van der Waals surface area contributed by atoms with Gasteiger partial charge in [0.15, 0.2) is 5.78 Å². The summed E-state index contributed by atoms with van der Waals surface area (Å²) in [4.78, 5) is 11.5. The SMILES string of the molecule is C=C(C)C1CC(=O)[C@]2(C)OC2C1. The maximum Gasteiger partial charge on any atom is 0.167 e. The molecule has 0 spiro atoms. The molecule has 2 heteroatoms. The lowest BCUT2D eigenvalue weighted by atomic mass is 9.79. The van der Waals surface area contributed by atoms with Crippen LogP contribution in [0.25, 0.3) is 0 Å². The van der Waals surface area contributed by atoms with Gasteiger partial charge < -0.3 is 4.74 Å². The van der Waals surface area contributed by atoms with Crippen molar-refractivity contribution >= 4 is 5.78 Å². The Labute approximate surface area is 72.6 Å². The Morgan fingerprint density at radius 2 is 2.42 bits per heavy atom. The Bertz CT molecular complexity index is 257. The van der Waals surface area contributed by atoms with Crippen LogP contribution < -0.4 is 0 Å². The van der Waals surface area contributed by atoms with E-state index in [9.17, 15) is 4.79 Å². The van der Waals surface area contributed by atoms with Crippen LogP contribution in [0.5, 0.6) is 0 Å². The summed E-state index contributed by atoms with van der Waals surface area (Å²) in [6.07, 6.45) is 1.79. The number of fused-ring (bicyclic) bond motifs is 1. The van der Waals surface area contributed by atoms with Crippen LogP contribution in [0.15, 0.2) is 12.2 Å². The van der Waals surface area contributed by atoms with Crippen molar-refractivity contribution in [2.24, 2.45) is 5.92 Å². The highest BCUT2D eigenvalue weighted by Gasteiger charge is 2.61.